The third-order valence-electron chi connectivity index (χ3n) is 7.53. The lowest BCUT2D eigenvalue weighted by molar-refractivity contribution is -0.306. The summed E-state index contributed by atoms with van der Waals surface area (Å²) in [5, 5.41) is 33.9. The fraction of sp³-hybridized carbons (Fsp3) is 0.312. The van der Waals surface area contributed by atoms with Gasteiger partial charge in [0.1, 0.15) is 46.8 Å². The molecule has 4 N–H and O–H groups in total. The molecule has 43 heavy (non-hydrogen) atoms. The van der Waals surface area contributed by atoms with Gasteiger partial charge in [0.2, 0.25) is 6.29 Å². The van der Waals surface area contributed by atoms with E-state index in [1.165, 1.54) is 32.4 Å². The van der Waals surface area contributed by atoms with Gasteiger partial charge in [0.15, 0.2) is 0 Å². The Morgan fingerprint density at radius 2 is 1.65 bits per heavy atom. The SMILES string of the molecule is COc1ccc(C(=O)Nc2cc3ccc(OC4OC(C)(C)C(OC)C(O)C4O)c(C)c3oc2=O)cc1-c1ccc(O)cc1. The summed E-state index contributed by atoms with van der Waals surface area (Å²) >= 11 is 0. The number of nitrogens with one attached hydrogen (secondary N) is 1. The number of phenolic OH excluding ortho intramolecular Hbond substituents is 1. The van der Waals surface area contributed by atoms with Gasteiger partial charge >= 0.3 is 5.63 Å². The number of aliphatic hydroxyl groups excluding tert-OH is 2. The van der Waals surface area contributed by atoms with Crippen molar-refractivity contribution in [3.05, 3.63) is 82.2 Å². The normalized spacial score (nSPS) is 21.4. The maximum absolute atomic E-state index is 13.2. The number of aliphatic hydroxyl groups is 2. The number of fused-ring (bicyclic) bond motifs is 1. The maximum Gasteiger partial charge on any atom is 0.360 e. The Balaban J connectivity index is 1.39. The molecule has 2 heterocycles. The average Bonchev–Trinajstić information content (AvgIpc) is 2.98. The number of amides is 1. The second-order valence-electron chi connectivity index (χ2n) is 10.8. The number of ether oxygens (including phenoxy) is 4. The largest absolute Gasteiger partial charge is 0.508 e. The lowest BCUT2D eigenvalue weighted by atomic mass is 9.89. The number of aromatic hydroxyl groups is 1. The molecular weight excluding hydrogens is 558 g/mol. The molecule has 1 fully saturated rings. The van der Waals surface area contributed by atoms with Gasteiger partial charge in [-0.05, 0) is 74.9 Å². The summed E-state index contributed by atoms with van der Waals surface area (Å²) in [5.41, 5.74) is 0.510. The lowest BCUT2D eigenvalue weighted by Crippen LogP contribution is -2.63. The van der Waals surface area contributed by atoms with Crippen LogP contribution in [0.3, 0.4) is 0 Å². The first-order chi connectivity index (χ1) is 20.4. The Morgan fingerprint density at radius 3 is 2.33 bits per heavy atom. The predicted molar refractivity (Wildman–Crippen MR) is 158 cm³/mol. The summed E-state index contributed by atoms with van der Waals surface area (Å²) in [6.07, 6.45) is -4.64. The first-order valence-electron chi connectivity index (χ1n) is 13.5. The molecule has 11 heteroatoms. The summed E-state index contributed by atoms with van der Waals surface area (Å²) in [4.78, 5) is 26.1. The van der Waals surface area contributed by atoms with E-state index in [2.05, 4.69) is 5.32 Å². The molecule has 3 aromatic carbocycles. The number of methoxy groups -OCH3 is 2. The quantitative estimate of drug-likeness (QED) is 0.232. The van der Waals surface area contributed by atoms with Gasteiger partial charge in [-0.2, -0.15) is 0 Å². The van der Waals surface area contributed by atoms with Crippen molar-refractivity contribution in [1.82, 2.24) is 0 Å². The molecule has 1 aliphatic rings. The first-order valence-corrected chi connectivity index (χ1v) is 13.5. The number of aryl methyl sites for hydroxylation is 1. The van der Waals surface area contributed by atoms with Crippen molar-refractivity contribution in [3.8, 4) is 28.4 Å². The second kappa shape index (κ2) is 11.7. The van der Waals surface area contributed by atoms with Crippen LogP contribution in [0.25, 0.3) is 22.1 Å². The number of carbonyl (C=O) groups is 1. The van der Waals surface area contributed by atoms with Crippen LogP contribution in [0, 0.1) is 6.92 Å². The Morgan fingerprint density at radius 1 is 0.953 bits per heavy atom. The van der Waals surface area contributed by atoms with Gasteiger partial charge in [-0.15, -0.1) is 0 Å². The van der Waals surface area contributed by atoms with E-state index in [1.807, 2.05) is 0 Å². The van der Waals surface area contributed by atoms with E-state index in [0.29, 0.717) is 22.3 Å². The fourth-order valence-electron chi connectivity index (χ4n) is 5.26. The molecule has 1 aliphatic heterocycles. The van der Waals surface area contributed by atoms with Gasteiger partial charge in [0.25, 0.3) is 5.91 Å². The number of hydrogen-bond acceptors (Lipinski definition) is 10. The highest BCUT2D eigenvalue weighted by molar-refractivity contribution is 6.05. The number of phenols is 1. The minimum Gasteiger partial charge on any atom is -0.508 e. The number of hydrogen-bond donors (Lipinski definition) is 4. The van der Waals surface area contributed by atoms with E-state index < -0.39 is 41.7 Å². The van der Waals surface area contributed by atoms with Gasteiger partial charge in [-0.25, -0.2) is 4.79 Å². The zero-order valence-corrected chi connectivity index (χ0v) is 24.3. The third-order valence-corrected chi connectivity index (χ3v) is 7.53. The van der Waals surface area contributed by atoms with Crippen LogP contribution in [0.4, 0.5) is 5.69 Å². The Hall–Kier alpha value is -4.42. The predicted octanol–water partition coefficient (Wildman–Crippen LogP) is 3.99. The van der Waals surface area contributed by atoms with E-state index in [1.54, 1.807) is 63.2 Å². The summed E-state index contributed by atoms with van der Waals surface area (Å²) < 4.78 is 28.2. The van der Waals surface area contributed by atoms with Crippen LogP contribution in [-0.4, -0.2) is 65.6 Å². The molecule has 4 unspecified atom stereocenters. The van der Waals surface area contributed by atoms with Gasteiger partial charge in [0.05, 0.1) is 12.7 Å². The summed E-state index contributed by atoms with van der Waals surface area (Å²) in [6, 6.07) is 16.1. The molecule has 0 radical (unpaired) electrons. The maximum atomic E-state index is 13.2. The monoisotopic (exact) mass is 591 g/mol. The molecule has 226 valence electrons. The van der Waals surface area contributed by atoms with Gasteiger partial charge < -0.3 is 44.0 Å². The van der Waals surface area contributed by atoms with Crippen molar-refractivity contribution in [3.63, 3.8) is 0 Å². The standard InChI is InChI=1S/C32H33NO10/c1-16-23(41-31-26(36)25(35)28(40-5)32(2,3)43-31)12-8-18-15-22(30(38)42-27(16)18)33-29(37)19-9-13-24(39-4)21(14-19)17-6-10-20(34)11-7-17/h6-15,25-26,28,31,34-36H,1-5H3,(H,33,37). The van der Waals surface area contributed by atoms with Crippen molar-refractivity contribution in [2.24, 2.45) is 0 Å². The molecule has 0 bridgehead atoms. The topological polar surface area (TPSA) is 157 Å². The van der Waals surface area contributed by atoms with Crippen LogP contribution in [0.2, 0.25) is 0 Å². The van der Waals surface area contributed by atoms with Crippen LogP contribution in [-0.2, 0) is 9.47 Å². The molecule has 4 atom stereocenters. The van der Waals surface area contributed by atoms with Gasteiger partial charge in [-0.3, -0.25) is 4.79 Å². The highest BCUT2D eigenvalue weighted by Gasteiger charge is 2.50. The van der Waals surface area contributed by atoms with Gasteiger partial charge in [-0.1, -0.05) is 12.1 Å². The zero-order valence-electron chi connectivity index (χ0n) is 24.3. The average molecular weight is 592 g/mol. The lowest BCUT2D eigenvalue weighted by Gasteiger charge is -2.46. The van der Waals surface area contributed by atoms with Gasteiger partial charge in [0, 0.05) is 29.2 Å². The third kappa shape index (κ3) is 5.80. The summed E-state index contributed by atoms with van der Waals surface area (Å²) in [5.74, 6) is 0.375. The molecule has 4 aromatic rings. The molecule has 0 spiro atoms. The molecule has 0 aliphatic carbocycles. The van der Waals surface area contributed by atoms with Crippen molar-refractivity contribution < 1.29 is 43.5 Å². The Bertz CT molecular complexity index is 1710. The van der Waals surface area contributed by atoms with E-state index >= 15 is 0 Å². The van der Waals surface area contributed by atoms with Crippen molar-refractivity contribution >= 4 is 22.6 Å². The van der Waals surface area contributed by atoms with E-state index in [9.17, 15) is 24.9 Å². The fourth-order valence-corrected chi connectivity index (χ4v) is 5.26. The van der Waals surface area contributed by atoms with Crippen LogP contribution >= 0.6 is 0 Å². The van der Waals surface area contributed by atoms with Crippen molar-refractivity contribution in [2.45, 2.75) is 51.0 Å². The number of carbonyl (C=O) groups excluding carboxylic acids is 1. The minimum atomic E-state index is -1.40. The van der Waals surface area contributed by atoms with Crippen LogP contribution in [0.5, 0.6) is 17.2 Å². The highest BCUT2D eigenvalue weighted by Crippen LogP contribution is 2.35. The molecule has 11 nitrogen and oxygen atoms in total. The number of anilines is 1. The van der Waals surface area contributed by atoms with Crippen LogP contribution in [0.15, 0.2) is 69.9 Å². The van der Waals surface area contributed by atoms with Crippen molar-refractivity contribution in [2.75, 3.05) is 19.5 Å². The zero-order chi connectivity index (χ0) is 31.1. The van der Waals surface area contributed by atoms with E-state index in [4.69, 9.17) is 23.4 Å². The summed E-state index contributed by atoms with van der Waals surface area (Å²) in [7, 11) is 2.94. The Labute approximate surface area is 247 Å². The molecule has 1 aromatic heterocycles. The minimum absolute atomic E-state index is 0.0610. The van der Waals surface area contributed by atoms with E-state index in [-0.39, 0.29) is 28.3 Å². The number of benzene rings is 3. The van der Waals surface area contributed by atoms with Crippen LogP contribution in [0.1, 0.15) is 29.8 Å². The van der Waals surface area contributed by atoms with E-state index in [0.717, 1.165) is 5.56 Å². The molecular formula is C32H33NO10. The highest BCUT2D eigenvalue weighted by atomic mass is 16.7. The molecule has 1 saturated heterocycles. The summed E-state index contributed by atoms with van der Waals surface area (Å²) in [6.45, 7) is 5.11. The molecule has 1 amide bonds. The second-order valence-corrected chi connectivity index (χ2v) is 10.8. The molecule has 5 rings (SSSR count). The smallest absolute Gasteiger partial charge is 0.360 e. The molecule has 0 saturated carbocycles. The van der Waals surface area contributed by atoms with Crippen LogP contribution < -0.4 is 20.4 Å². The number of rotatable bonds is 7. The Kier molecular flexibility index (Phi) is 8.17. The first kappa shape index (κ1) is 30.1. The van der Waals surface area contributed by atoms with Crippen molar-refractivity contribution in [1.29, 1.82) is 0 Å².